The number of hydrogen-bond donors (Lipinski definition) is 1. The molecule has 1 aromatic carbocycles. The standard InChI is InChI=1S/C19H20N2O2S/c1-19(2,3)14-8-6-13(7-9-14)18(22)20-12-15-11-16(23-21-15)17-5-4-10-24-17/h4-11H,12H2,1-3H3,(H,20,22). The van der Waals surface area contributed by atoms with Gasteiger partial charge in [0, 0.05) is 11.6 Å². The van der Waals surface area contributed by atoms with E-state index in [1.807, 2.05) is 47.8 Å². The molecule has 2 aromatic heterocycles. The molecule has 1 N–H and O–H groups in total. The van der Waals surface area contributed by atoms with E-state index in [-0.39, 0.29) is 11.3 Å². The fourth-order valence-corrected chi connectivity index (χ4v) is 3.00. The SMILES string of the molecule is CC(C)(C)c1ccc(C(=O)NCc2cc(-c3cccs3)on2)cc1. The predicted molar refractivity (Wildman–Crippen MR) is 96.1 cm³/mol. The van der Waals surface area contributed by atoms with Crippen LogP contribution in [0.3, 0.4) is 0 Å². The Morgan fingerprint density at radius 2 is 1.96 bits per heavy atom. The number of nitrogens with one attached hydrogen (secondary N) is 1. The summed E-state index contributed by atoms with van der Waals surface area (Å²) in [6.45, 7) is 6.79. The molecule has 0 aliphatic heterocycles. The molecule has 5 heteroatoms. The number of carbonyl (C=O) groups excluding carboxylic acids is 1. The second-order valence-electron chi connectivity index (χ2n) is 6.67. The molecule has 124 valence electrons. The minimum Gasteiger partial charge on any atom is -0.355 e. The molecule has 0 radical (unpaired) electrons. The van der Waals surface area contributed by atoms with Crippen LogP contribution in [0.5, 0.6) is 0 Å². The Morgan fingerprint density at radius 1 is 1.21 bits per heavy atom. The van der Waals surface area contributed by atoms with E-state index in [1.165, 1.54) is 5.56 Å². The first-order chi connectivity index (χ1) is 11.4. The normalized spacial score (nSPS) is 11.5. The zero-order valence-electron chi connectivity index (χ0n) is 14.0. The van der Waals surface area contributed by atoms with Gasteiger partial charge in [-0.05, 0) is 34.6 Å². The second kappa shape index (κ2) is 6.61. The van der Waals surface area contributed by atoms with Gasteiger partial charge in [-0.1, -0.05) is 44.1 Å². The van der Waals surface area contributed by atoms with Crippen LogP contribution in [0.4, 0.5) is 0 Å². The fourth-order valence-electron chi connectivity index (χ4n) is 2.32. The number of nitrogens with zero attached hydrogens (tertiary/aromatic N) is 1. The van der Waals surface area contributed by atoms with Gasteiger partial charge in [-0.2, -0.15) is 0 Å². The number of thiophene rings is 1. The van der Waals surface area contributed by atoms with Crippen LogP contribution >= 0.6 is 11.3 Å². The lowest BCUT2D eigenvalue weighted by Crippen LogP contribution is -2.23. The predicted octanol–water partition coefficient (Wildman–Crippen LogP) is 4.63. The van der Waals surface area contributed by atoms with Gasteiger partial charge < -0.3 is 9.84 Å². The maximum Gasteiger partial charge on any atom is 0.251 e. The molecule has 0 aliphatic carbocycles. The van der Waals surface area contributed by atoms with Crippen LogP contribution < -0.4 is 5.32 Å². The summed E-state index contributed by atoms with van der Waals surface area (Å²) in [5.41, 5.74) is 2.63. The van der Waals surface area contributed by atoms with Crippen LogP contribution in [-0.2, 0) is 12.0 Å². The molecule has 4 nitrogen and oxygen atoms in total. The molecule has 0 fully saturated rings. The fraction of sp³-hybridized carbons (Fsp3) is 0.263. The summed E-state index contributed by atoms with van der Waals surface area (Å²) in [4.78, 5) is 13.3. The van der Waals surface area contributed by atoms with Gasteiger partial charge >= 0.3 is 0 Å². The second-order valence-corrected chi connectivity index (χ2v) is 7.62. The molecule has 3 aromatic rings. The summed E-state index contributed by atoms with van der Waals surface area (Å²) in [6.07, 6.45) is 0. The number of hydrogen-bond acceptors (Lipinski definition) is 4. The van der Waals surface area contributed by atoms with Crippen molar-refractivity contribution in [3.8, 4) is 10.6 Å². The highest BCUT2D eigenvalue weighted by molar-refractivity contribution is 7.13. The highest BCUT2D eigenvalue weighted by Gasteiger charge is 2.14. The molecule has 0 spiro atoms. The highest BCUT2D eigenvalue weighted by Crippen LogP contribution is 2.25. The van der Waals surface area contributed by atoms with Gasteiger partial charge in [0.25, 0.3) is 5.91 Å². The average Bonchev–Trinajstić information content (AvgIpc) is 3.23. The third-order valence-electron chi connectivity index (χ3n) is 3.77. The third kappa shape index (κ3) is 3.74. The van der Waals surface area contributed by atoms with Crippen LogP contribution in [0.1, 0.15) is 42.4 Å². The lowest BCUT2D eigenvalue weighted by atomic mass is 9.87. The summed E-state index contributed by atoms with van der Waals surface area (Å²) in [5.74, 6) is 0.611. The van der Waals surface area contributed by atoms with Gasteiger partial charge in [0.15, 0.2) is 5.76 Å². The largest absolute Gasteiger partial charge is 0.355 e. The first-order valence-corrected chi connectivity index (χ1v) is 8.70. The molecule has 0 bridgehead atoms. The maximum absolute atomic E-state index is 12.2. The van der Waals surface area contributed by atoms with E-state index in [9.17, 15) is 4.79 Å². The Balaban J connectivity index is 1.61. The van der Waals surface area contributed by atoms with Crippen molar-refractivity contribution >= 4 is 17.2 Å². The van der Waals surface area contributed by atoms with E-state index >= 15 is 0 Å². The summed E-state index contributed by atoms with van der Waals surface area (Å²) >= 11 is 1.59. The van der Waals surface area contributed by atoms with E-state index < -0.39 is 0 Å². The Morgan fingerprint density at radius 3 is 2.58 bits per heavy atom. The molecule has 0 atom stereocenters. The van der Waals surface area contributed by atoms with Gasteiger partial charge in [0.2, 0.25) is 0 Å². The highest BCUT2D eigenvalue weighted by atomic mass is 32.1. The first-order valence-electron chi connectivity index (χ1n) is 7.82. The molecule has 2 heterocycles. The molecule has 3 rings (SSSR count). The van der Waals surface area contributed by atoms with Crippen molar-refractivity contribution in [3.05, 3.63) is 64.7 Å². The van der Waals surface area contributed by atoms with Crippen LogP contribution in [0.25, 0.3) is 10.6 Å². The lowest BCUT2D eigenvalue weighted by molar-refractivity contribution is 0.0950. The molecule has 24 heavy (non-hydrogen) atoms. The zero-order chi connectivity index (χ0) is 17.2. The number of rotatable bonds is 4. The van der Waals surface area contributed by atoms with Crippen molar-refractivity contribution in [3.63, 3.8) is 0 Å². The maximum atomic E-state index is 12.2. The van der Waals surface area contributed by atoms with Gasteiger partial charge in [0.05, 0.1) is 11.4 Å². The van der Waals surface area contributed by atoms with Gasteiger partial charge in [-0.3, -0.25) is 4.79 Å². The first kappa shape index (κ1) is 16.5. The summed E-state index contributed by atoms with van der Waals surface area (Å²) < 4.78 is 5.31. The van der Waals surface area contributed by atoms with E-state index in [0.29, 0.717) is 17.8 Å². The third-order valence-corrected chi connectivity index (χ3v) is 4.65. The summed E-state index contributed by atoms with van der Waals surface area (Å²) in [7, 11) is 0. The van der Waals surface area contributed by atoms with E-state index in [2.05, 4.69) is 31.2 Å². The molecular weight excluding hydrogens is 320 g/mol. The van der Waals surface area contributed by atoms with E-state index in [4.69, 9.17) is 4.52 Å². The van der Waals surface area contributed by atoms with Crippen molar-refractivity contribution in [2.75, 3.05) is 0 Å². The van der Waals surface area contributed by atoms with Crippen molar-refractivity contribution in [2.24, 2.45) is 0 Å². The number of carbonyl (C=O) groups is 1. The topological polar surface area (TPSA) is 55.1 Å². The van der Waals surface area contributed by atoms with Gasteiger partial charge in [-0.25, -0.2) is 0 Å². The van der Waals surface area contributed by atoms with Crippen molar-refractivity contribution in [2.45, 2.75) is 32.7 Å². The molecular formula is C19H20N2O2S. The Kier molecular flexibility index (Phi) is 4.53. The minimum absolute atomic E-state index is 0.0773. The molecule has 0 saturated heterocycles. The Hall–Kier alpha value is -2.40. The van der Waals surface area contributed by atoms with Crippen LogP contribution in [-0.4, -0.2) is 11.1 Å². The Bertz CT molecular complexity index is 812. The number of amides is 1. The quantitative estimate of drug-likeness (QED) is 0.753. The van der Waals surface area contributed by atoms with Crippen molar-refractivity contribution < 1.29 is 9.32 Å². The monoisotopic (exact) mass is 340 g/mol. The summed E-state index contributed by atoms with van der Waals surface area (Å²) in [6, 6.07) is 13.5. The molecule has 0 unspecified atom stereocenters. The van der Waals surface area contributed by atoms with E-state index in [0.717, 1.165) is 10.6 Å². The summed E-state index contributed by atoms with van der Waals surface area (Å²) in [5, 5.41) is 8.86. The van der Waals surface area contributed by atoms with Crippen molar-refractivity contribution in [1.29, 1.82) is 0 Å². The Labute approximate surface area is 145 Å². The van der Waals surface area contributed by atoms with Gasteiger partial charge in [0.1, 0.15) is 5.69 Å². The van der Waals surface area contributed by atoms with Crippen LogP contribution in [0, 0.1) is 0 Å². The van der Waals surface area contributed by atoms with Crippen LogP contribution in [0.2, 0.25) is 0 Å². The molecule has 0 saturated carbocycles. The smallest absolute Gasteiger partial charge is 0.251 e. The molecule has 0 aliphatic rings. The number of benzene rings is 1. The number of aromatic nitrogens is 1. The van der Waals surface area contributed by atoms with Gasteiger partial charge in [-0.15, -0.1) is 11.3 Å². The van der Waals surface area contributed by atoms with E-state index in [1.54, 1.807) is 11.3 Å². The molecule has 1 amide bonds. The van der Waals surface area contributed by atoms with Crippen molar-refractivity contribution in [1.82, 2.24) is 10.5 Å². The average molecular weight is 340 g/mol. The minimum atomic E-state index is -0.115. The zero-order valence-corrected chi connectivity index (χ0v) is 14.8. The lowest BCUT2D eigenvalue weighted by Gasteiger charge is -2.19. The van der Waals surface area contributed by atoms with Crippen LogP contribution in [0.15, 0.2) is 52.4 Å².